The standard InChI is InChI=1S/C48H75N3O7/c1-28(2)37-32(52)26-48(50-41(57)44(7,8)49-36(53)27-51-23-13-12-14-24-51)22-21-46(10)29(38(37)48)15-16-34-45(9)19-18-35(43(5,6)33(45)17-20-47(34,46)11)58-40(56)31-25-30(39(54)55)42(31,3)4/h28-31,33-35H,12-27H2,1-11H3,(H,49,53)(H,50,57)(H,54,55)/t29-,30+,31?,33+,34-,35+,45+,46-,47-,48-/m1/s1. The van der Waals surface area contributed by atoms with Crippen molar-refractivity contribution in [3.8, 4) is 0 Å². The van der Waals surface area contributed by atoms with Gasteiger partial charge < -0.3 is 20.5 Å². The van der Waals surface area contributed by atoms with Gasteiger partial charge in [-0.2, -0.15) is 0 Å². The molecule has 0 spiro atoms. The molecular formula is C48H75N3O7. The maximum Gasteiger partial charge on any atom is 0.309 e. The van der Waals surface area contributed by atoms with Crippen molar-refractivity contribution in [3.63, 3.8) is 0 Å². The largest absolute Gasteiger partial charge is 0.481 e. The van der Waals surface area contributed by atoms with Crippen LogP contribution in [-0.2, 0) is 28.7 Å². The molecule has 0 aromatic carbocycles. The highest BCUT2D eigenvalue weighted by atomic mass is 16.5. The predicted molar refractivity (Wildman–Crippen MR) is 223 cm³/mol. The summed E-state index contributed by atoms with van der Waals surface area (Å²) in [5.74, 6) is -1.19. The number of ether oxygens (including phenoxy) is 1. The molecule has 6 aliphatic carbocycles. The van der Waals surface area contributed by atoms with Crippen LogP contribution in [0.2, 0.25) is 0 Å². The Hall–Kier alpha value is -2.75. The van der Waals surface area contributed by atoms with E-state index in [9.17, 15) is 29.1 Å². The van der Waals surface area contributed by atoms with Crippen molar-refractivity contribution in [3.05, 3.63) is 11.1 Å². The van der Waals surface area contributed by atoms with Gasteiger partial charge in [0.1, 0.15) is 11.6 Å². The first kappa shape index (κ1) is 43.3. The first-order chi connectivity index (χ1) is 26.9. The number of esters is 1. The van der Waals surface area contributed by atoms with Crippen LogP contribution in [0.15, 0.2) is 11.1 Å². The van der Waals surface area contributed by atoms with Crippen LogP contribution in [0.1, 0.15) is 160 Å². The third-order valence-electron chi connectivity index (χ3n) is 18.7. The van der Waals surface area contributed by atoms with Crippen molar-refractivity contribution in [2.45, 2.75) is 177 Å². The molecule has 3 N–H and O–H groups in total. The zero-order chi connectivity index (χ0) is 42.6. The Morgan fingerprint density at radius 3 is 2.12 bits per heavy atom. The Kier molecular flexibility index (Phi) is 10.8. The fourth-order valence-electron chi connectivity index (χ4n) is 15.0. The fourth-order valence-corrected chi connectivity index (χ4v) is 15.0. The summed E-state index contributed by atoms with van der Waals surface area (Å²) in [5.41, 5.74) is -0.697. The summed E-state index contributed by atoms with van der Waals surface area (Å²) in [6.45, 7) is 25.8. The molecule has 7 rings (SSSR count). The van der Waals surface area contributed by atoms with Gasteiger partial charge in [0.25, 0.3) is 0 Å². The van der Waals surface area contributed by atoms with Crippen LogP contribution in [0, 0.1) is 62.6 Å². The van der Waals surface area contributed by atoms with Crippen LogP contribution >= 0.6 is 0 Å². The lowest BCUT2D eigenvalue weighted by molar-refractivity contribution is -0.235. The molecule has 58 heavy (non-hydrogen) atoms. The summed E-state index contributed by atoms with van der Waals surface area (Å²) in [6.07, 6.45) is 11.3. The predicted octanol–water partition coefficient (Wildman–Crippen LogP) is 7.88. The van der Waals surface area contributed by atoms with Gasteiger partial charge in [0.2, 0.25) is 11.8 Å². The molecule has 10 heteroatoms. The van der Waals surface area contributed by atoms with Gasteiger partial charge in [-0.1, -0.05) is 68.7 Å². The first-order valence-electron chi connectivity index (χ1n) is 22.9. The number of hydrogen-bond acceptors (Lipinski definition) is 7. The SMILES string of the molecule is CC(C)C1=C2[C@H]3CC[C@@H]4[C@@]5(C)CC[C@H](OC(=O)C6C[C@@H](C(=O)O)C6(C)C)C(C)(C)[C@@H]5CC[C@@]4(C)[C@]3(C)CC[C@@]2(NC(=O)C(C)(C)NC(=O)CN2CCCCC2)CC1=O. The van der Waals surface area contributed by atoms with E-state index in [1.165, 1.54) is 12.0 Å². The molecule has 2 amide bonds. The number of aliphatic carboxylic acids is 1. The van der Waals surface area contributed by atoms with E-state index < -0.39 is 34.3 Å². The second-order valence-corrected chi connectivity index (χ2v) is 23.0. The van der Waals surface area contributed by atoms with Crippen LogP contribution in [0.4, 0.5) is 0 Å². The third-order valence-corrected chi connectivity index (χ3v) is 18.7. The van der Waals surface area contributed by atoms with Gasteiger partial charge >= 0.3 is 11.9 Å². The number of allylic oxidation sites excluding steroid dienone is 1. The van der Waals surface area contributed by atoms with Crippen LogP contribution in [-0.4, -0.2) is 76.4 Å². The van der Waals surface area contributed by atoms with Crippen molar-refractivity contribution in [1.29, 1.82) is 0 Å². The van der Waals surface area contributed by atoms with Crippen molar-refractivity contribution in [1.82, 2.24) is 15.5 Å². The quantitative estimate of drug-likeness (QED) is 0.200. The summed E-state index contributed by atoms with van der Waals surface area (Å²) < 4.78 is 6.42. The van der Waals surface area contributed by atoms with E-state index in [4.69, 9.17) is 4.74 Å². The van der Waals surface area contributed by atoms with Gasteiger partial charge in [-0.3, -0.25) is 28.9 Å². The van der Waals surface area contributed by atoms with E-state index in [-0.39, 0.29) is 69.6 Å². The minimum absolute atomic E-state index is 0.00114. The average Bonchev–Trinajstić information content (AvgIpc) is 3.41. The molecule has 6 fully saturated rings. The zero-order valence-corrected chi connectivity index (χ0v) is 37.7. The Labute approximate surface area is 348 Å². The molecule has 1 saturated heterocycles. The number of fused-ring (bicyclic) bond motifs is 7. The molecule has 7 aliphatic rings. The topological polar surface area (TPSA) is 142 Å². The molecule has 1 unspecified atom stereocenters. The summed E-state index contributed by atoms with van der Waals surface area (Å²) in [6, 6.07) is 0. The van der Waals surface area contributed by atoms with E-state index in [0.717, 1.165) is 76.5 Å². The van der Waals surface area contributed by atoms with E-state index in [1.54, 1.807) is 13.8 Å². The molecule has 5 saturated carbocycles. The highest BCUT2D eigenvalue weighted by Gasteiger charge is 2.71. The summed E-state index contributed by atoms with van der Waals surface area (Å²) in [7, 11) is 0. The number of carbonyl (C=O) groups excluding carboxylic acids is 4. The maximum absolute atomic E-state index is 14.4. The molecule has 10 nitrogen and oxygen atoms in total. The normalized spacial score (nSPS) is 40.7. The summed E-state index contributed by atoms with van der Waals surface area (Å²) in [4.78, 5) is 69.4. The maximum atomic E-state index is 14.4. The number of nitrogens with one attached hydrogen (secondary N) is 2. The van der Waals surface area contributed by atoms with E-state index >= 15 is 0 Å². The van der Waals surface area contributed by atoms with Crippen LogP contribution < -0.4 is 10.6 Å². The molecular weight excluding hydrogens is 731 g/mol. The van der Waals surface area contributed by atoms with Crippen LogP contribution in [0.5, 0.6) is 0 Å². The smallest absolute Gasteiger partial charge is 0.309 e. The lowest BCUT2D eigenvalue weighted by Crippen LogP contribution is -2.68. The molecule has 0 aromatic rings. The Morgan fingerprint density at radius 1 is 0.828 bits per heavy atom. The molecule has 0 aromatic heterocycles. The number of hydrogen-bond donors (Lipinski definition) is 3. The highest BCUT2D eigenvalue weighted by Crippen LogP contribution is 2.76. The molecule has 0 bridgehead atoms. The number of carboxylic acids is 1. The van der Waals surface area contributed by atoms with Crippen LogP contribution in [0.25, 0.3) is 0 Å². The molecule has 324 valence electrons. The van der Waals surface area contributed by atoms with Crippen molar-refractivity contribution >= 4 is 29.5 Å². The minimum Gasteiger partial charge on any atom is -0.481 e. The second-order valence-electron chi connectivity index (χ2n) is 23.0. The number of amides is 2. The number of carbonyl (C=O) groups is 5. The first-order valence-corrected chi connectivity index (χ1v) is 22.9. The number of rotatable bonds is 9. The average molecular weight is 806 g/mol. The second kappa shape index (κ2) is 14.4. The molecule has 1 aliphatic heterocycles. The van der Waals surface area contributed by atoms with Gasteiger partial charge in [0, 0.05) is 11.8 Å². The van der Waals surface area contributed by atoms with E-state index in [2.05, 4.69) is 64.0 Å². The lowest BCUT2D eigenvalue weighted by atomic mass is 9.33. The van der Waals surface area contributed by atoms with E-state index in [0.29, 0.717) is 31.2 Å². The molecule has 10 atom stereocenters. The van der Waals surface area contributed by atoms with Crippen LogP contribution in [0.3, 0.4) is 0 Å². The minimum atomic E-state index is -1.14. The van der Waals surface area contributed by atoms with Gasteiger partial charge in [0.05, 0.1) is 23.9 Å². The van der Waals surface area contributed by atoms with Gasteiger partial charge in [-0.25, -0.2) is 0 Å². The number of likely N-dealkylation sites (tertiary alicyclic amines) is 1. The van der Waals surface area contributed by atoms with Gasteiger partial charge in [-0.05, 0) is 154 Å². The Morgan fingerprint density at radius 2 is 1.50 bits per heavy atom. The monoisotopic (exact) mass is 806 g/mol. The number of ketones is 1. The van der Waals surface area contributed by atoms with Gasteiger partial charge in [0.15, 0.2) is 5.78 Å². The highest BCUT2D eigenvalue weighted by molar-refractivity contribution is 6.03. The Balaban J connectivity index is 1.11. The number of Topliss-reactive ketones (excluding diaryl/α,β-unsaturated/α-hetero) is 1. The number of piperidine rings is 1. The van der Waals surface area contributed by atoms with Crippen molar-refractivity contribution in [2.75, 3.05) is 19.6 Å². The fraction of sp³-hybridized carbons (Fsp3) is 0.854. The molecule has 1 heterocycles. The Bertz CT molecular complexity index is 1760. The van der Waals surface area contributed by atoms with Gasteiger partial charge in [-0.15, -0.1) is 0 Å². The van der Waals surface area contributed by atoms with E-state index in [1.807, 2.05) is 13.8 Å². The lowest BCUT2D eigenvalue weighted by Gasteiger charge is -2.72. The number of nitrogens with zero attached hydrogens (tertiary/aromatic N) is 1. The summed E-state index contributed by atoms with van der Waals surface area (Å²) in [5, 5.41) is 16.2. The zero-order valence-electron chi connectivity index (χ0n) is 37.7. The number of carboxylic acid groups (broad SMARTS) is 1. The third kappa shape index (κ3) is 6.53. The summed E-state index contributed by atoms with van der Waals surface area (Å²) >= 11 is 0. The van der Waals surface area contributed by atoms with Crippen molar-refractivity contribution in [2.24, 2.45) is 62.6 Å². The van der Waals surface area contributed by atoms with Crippen molar-refractivity contribution < 1.29 is 33.8 Å². The molecule has 0 radical (unpaired) electrons.